The summed E-state index contributed by atoms with van der Waals surface area (Å²) in [6.45, 7) is 1.01. The minimum atomic E-state index is -0.156. The highest BCUT2D eigenvalue weighted by atomic mass is 127. The highest BCUT2D eigenvalue weighted by Crippen LogP contribution is 2.10. The number of hydrogen-bond acceptors (Lipinski definition) is 3. The van der Waals surface area contributed by atoms with E-state index in [1.165, 1.54) is 6.20 Å². The number of pyridine rings is 1. The van der Waals surface area contributed by atoms with Crippen molar-refractivity contribution < 1.29 is 9.59 Å². The van der Waals surface area contributed by atoms with E-state index in [1.54, 1.807) is 24.4 Å². The Balaban J connectivity index is 1.69. The number of benzene rings is 1. The summed E-state index contributed by atoms with van der Waals surface area (Å²) >= 11 is 2.14. The normalized spacial score (nSPS) is 10.0. The zero-order valence-electron chi connectivity index (χ0n) is 11.9. The molecule has 1 aromatic heterocycles. The number of carbonyl (C=O) groups is 2. The van der Waals surface area contributed by atoms with Crippen LogP contribution in [0.2, 0.25) is 0 Å². The molecule has 0 saturated carbocycles. The van der Waals surface area contributed by atoms with Gasteiger partial charge in [0.15, 0.2) is 0 Å². The predicted octanol–water partition coefficient (Wildman–Crippen LogP) is 2.24. The second-order valence-electron chi connectivity index (χ2n) is 4.59. The molecule has 2 amide bonds. The van der Waals surface area contributed by atoms with Crippen molar-refractivity contribution in [2.75, 3.05) is 13.1 Å². The number of amides is 2. The molecule has 0 aliphatic heterocycles. The lowest BCUT2D eigenvalue weighted by atomic mass is 10.2. The topological polar surface area (TPSA) is 71.1 Å². The van der Waals surface area contributed by atoms with Gasteiger partial charge in [-0.05, 0) is 53.3 Å². The van der Waals surface area contributed by atoms with Crippen LogP contribution in [-0.4, -0.2) is 29.9 Å². The molecule has 5 nitrogen and oxygen atoms in total. The van der Waals surface area contributed by atoms with E-state index in [-0.39, 0.29) is 11.8 Å². The standard InChI is InChI=1S/C16H16IN3O2/c17-14-7-2-1-6-13(14)16(22)20-10-4-9-19-15(21)12-5-3-8-18-11-12/h1-3,5-8,11H,4,9-10H2,(H,19,21)(H,20,22). The molecule has 0 bridgehead atoms. The maximum atomic E-state index is 12.0. The predicted molar refractivity (Wildman–Crippen MR) is 92.7 cm³/mol. The average Bonchev–Trinajstić information content (AvgIpc) is 2.55. The van der Waals surface area contributed by atoms with Crippen molar-refractivity contribution in [2.45, 2.75) is 6.42 Å². The van der Waals surface area contributed by atoms with Gasteiger partial charge in [-0.1, -0.05) is 12.1 Å². The van der Waals surface area contributed by atoms with Crippen LogP contribution in [0.3, 0.4) is 0 Å². The summed E-state index contributed by atoms with van der Waals surface area (Å²) in [7, 11) is 0. The molecule has 6 heteroatoms. The van der Waals surface area contributed by atoms with Gasteiger partial charge in [0, 0.05) is 29.1 Å². The SMILES string of the molecule is O=C(NCCCNC(=O)c1ccccc1I)c1cccnc1. The Kier molecular flexibility index (Phi) is 6.32. The lowest BCUT2D eigenvalue weighted by Crippen LogP contribution is -2.30. The van der Waals surface area contributed by atoms with Crippen LogP contribution in [0.25, 0.3) is 0 Å². The van der Waals surface area contributed by atoms with E-state index < -0.39 is 0 Å². The molecule has 0 fully saturated rings. The van der Waals surface area contributed by atoms with E-state index >= 15 is 0 Å². The number of carbonyl (C=O) groups excluding carboxylic acids is 2. The molecule has 0 saturated heterocycles. The fourth-order valence-corrected chi connectivity index (χ4v) is 2.46. The molecule has 0 radical (unpaired) electrons. The summed E-state index contributed by atoms with van der Waals surface area (Å²) in [5.74, 6) is -0.249. The number of nitrogens with one attached hydrogen (secondary N) is 2. The van der Waals surface area contributed by atoms with Gasteiger partial charge in [-0.25, -0.2) is 0 Å². The summed E-state index contributed by atoms with van der Waals surface area (Å²) in [5.41, 5.74) is 1.20. The summed E-state index contributed by atoms with van der Waals surface area (Å²) in [6.07, 6.45) is 3.81. The molecule has 0 spiro atoms. The number of aromatic nitrogens is 1. The fourth-order valence-electron chi connectivity index (χ4n) is 1.83. The number of halogens is 1. The molecule has 1 aromatic carbocycles. The molecule has 114 valence electrons. The van der Waals surface area contributed by atoms with Crippen LogP contribution in [-0.2, 0) is 0 Å². The smallest absolute Gasteiger partial charge is 0.252 e. The zero-order chi connectivity index (χ0) is 15.8. The number of nitrogens with zero attached hydrogens (tertiary/aromatic N) is 1. The van der Waals surface area contributed by atoms with E-state index in [4.69, 9.17) is 0 Å². The zero-order valence-corrected chi connectivity index (χ0v) is 14.0. The van der Waals surface area contributed by atoms with Crippen molar-refractivity contribution >= 4 is 34.4 Å². The first-order valence-corrected chi connectivity index (χ1v) is 7.97. The third-order valence-electron chi connectivity index (χ3n) is 2.97. The van der Waals surface area contributed by atoms with E-state index in [0.717, 1.165) is 3.57 Å². The van der Waals surface area contributed by atoms with Gasteiger partial charge in [0.1, 0.15) is 0 Å². The molecular weight excluding hydrogens is 393 g/mol. The highest BCUT2D eigenvalue weighted by molar-refractivity contribution is 14.1. The Hall–Kier alpha value is -1.96. The van der Waals surface area contributed by atoms with Crippen molar-refractivity contribution in [3.63, 3.8) is 0 Å². The molecular formula is C16H16IN3O2. The Morgan fingerprint density at radius 3 is 2.41 bits per heavy atom. The number of hydrogen-bond donors (Lipinski definition) is 2. The van der Waals surface area contributed by atoms with Gasteiger partial charge in [-0.3, -0.25) is 14.6 Å². The fraction of sp³-hybridized carbons (Fsp3) is 0.188. The van der Waals surface area contributed by atoms with Gasteiger partial charge in [-0.2, -0.15) is 0 Å². The van der Waals surface area contributed by atoms with Crippen molar-refractivity contribution in [3.8, 4) is 0 Å². The molecule has 1 heterocycles. The maximum absolute atomic E-state index is 12.0. The summed E-state index contributed by atoms with van der Waals surface area (Å²) in [6, 6.07) is 10.8. The van der Waals surface area contributed by atoms with Crippen LogP contribution < -0.4 is 10.6 Å². The lowest BCUT2D eigenvalue weighted by molar-refractivity contribution is 0.0951. The second kappa shape index (κ2) is 8.47. The van der Waals surface area contributed by atoms with E-state index in [1.807, 2.05) is 18.2 Å². The molecule has 0 aliphatic carbocycles. The first-order valence-electron chi connectivity index (χ1n) is 6.89. The third-order valence-corrected chi connectivity index (χ3v) is 3.91. The molecule has 22 heavy (non-hydrogen) atoms. The Labute approximate surface area is 142 Å². The Morgan fingerprint density at radius 2 is 1.73 bits per heavy atom. The third kappa shape index (κ3) is 4.80. The van der Waals surface area contributed by atoms with E-state index in [9.17, 15) is 9.59 Å². The Bertz CT molecular complexity index is 647. The van der Waals surface area contributed by atoms with Crippen molar-refractivity contribution in [1.29, 1.82) is 0 Å². The maximum Gasteiger partial charge on any atom is 0.252 e. The first kappa shape index (κ1) is 16.4. The average molecular weight is 409 g/mol. The molecule has 2 rings (SSSR count). The number of rotatable bonds is 6. The highest BCUT2D eigenvalue weighted by Gasteiger charge is 2.08. The monoisotopic (exact) mass is 409 g/mol. The summed E-state index contributed by atoms with van der Waals surface area (Å²) in [5, 5.41) is 5.64. The van der Waals surface area contributed by atoms with Crippen LogP contribution in [0.15, 0.2) is 48.8 Å². The van der Waals surface area contributed by atoms with Crippen molar-refractivity contribution in [1.82, 2.24) is 15.6 Å². The van der Waals surface area contributed by atoms with Gasteiger partial charge in [0.25, 0.3) is 11.8 Å². The minimum Gasteiger partial charge on any atom is -0.352 e. The van der Waals surface area contributed by atoms with Crippen LogP contribution in [0.5, 0.6) is 0 Å². The van der Waals surface area contributed by atoms with Gasteiger partial charge < -0.3 is 10.6 Å². The Morgan fingerprint density at radius 1 is 1.00 bits per heavy atom. The van der Waals surface area contributed by atoms with Crippen LogP contribution in [0, 0.1) is 3.57 Å². The summed E-state index contributed by atoms with van der Waals surface area (Å²) < 4.78 is 0.919. The molecule has 0 aliphatic rings. The van der Waals surface area contributed by atoms with Gasteiger partial charge in [-0.15, -0.1) is 0 Å². The quantitative estimate of drug-likeness (QED) is 0.568. The second-order valence-corrected chi connectivity index (χ2v) is 5.75. The van der Waals surface area contributed by atoms with E-state index in [0.29, 0.717) is 30.6 Å². The molecule has 2 N–H and O–H groups in total. The van der Waals surface area contributed by atoms with Crippen molar-refractivity contribution in [2.24, 2.45) is 0 Å². The van der Waals surface area contributed by atoms with Crippen LogP contribution >= 0.6 is 22.6 Å². The largest absolute Gasteiger partial charge is 0.352 e. The molecule has 0 unspecified atom stereocenters. The van der Waals surface area contributed by atoms with Crippen molar-refractivity contribution in [3.05, 3.63) is 63.5 Å². The lowest BCUT2D eigenvalue weighted by Gasteiger charge is -2.08. The van der Waals surface area contributed by atoms with Gasteiger partial charge >= 0.3 is 0 Å². The molecule has 0 atom stereocenters. The van der Waals surface area contributed by atoms with E-state index in [2.05, 4.69) is 38.2 Å². The molecule has 2 aromatic rings. The first-order chi connectivity index (χ1) is 10.7. The minimum absolute atomic E-state index is 0.0939. The van der Waals surface area contributed by atoms with Gasteiger partial charge in [0.05, 0.1) is 11.1 Å². The van der Waals surface area contributed by atoms with Crippen LogP contribution in [0.1, 0.15) is 27.1 Å². The van der Waals surface area contributed by atoms with Crippen LogP contribution in [0.4, 0.5) is 0 Å². The summed E-state index contributed by atoms with van der Waals surface area (Å²) in [4.78, 5) is 27.6. The van der Waals surface area contributed by atoms with Gasteiger partial charge in [0.2, 0.25) is 0 Å².